The number of aromatic nitrogens is 1. The zero-order chi connectivity index (χ0) is 21.9. The molecule has 0 spiro atoms. The van der Waals surface area contributed by atoms with Crippen molar-refractivity contribution >= 4 is 10.8 Å². The van der Waals surface area contributed by atoms with Crippen molar-refractivity contribution in [3.63, 3.8) is 0 Å². The quantitative estimate of drug-likeness (QED) is 0.433. The number of rotatable bonds is 5. The van der Waals surface area contributed by atoms with Crippen LogP contribution in [0.4, 0.5) is 0 Å². The van der Waals surface area contributed by atoms with E-state index in [2.05, 4.69) is 58.4 Å². The molecule has 0 bridgehead atoms. The number of hydrogen-bond donors (Lipinski definition) is 0. The van der Waals surface area contributed by atoms with Gasteiger partial charge in [-0.1, -0.05) is 36.4 Å². The molecule has 5 heteroatoms. The number of ether oxygens (including phenoxy) is 3. The second-order valence-corrected chi connectivity index (χ2v) is 7.94. The van der Waals surface area contributed by atoms with Gasteiger partial charge in [0, 0.05) is 48.7 Å². The van der Waals surface area contributed by atoms with Gasteiger partial charge in [0.25, 0.3) is 0 Å². The van der Waals surface area contributed by atoms with Crippen LogP contribution in [0.15, 0.2) is 73.1 Å². The van der Waals surface area contributed by atoms with E-state index in [1.165, 1.54) is 16.3 Å². The third kappa shape index (κ3) is 3.87. The maximum Gasteiger partial charge on any atom is 0.165 e. The zero-order valence-electron chi connectivity index (χ0n) is 18.4. The van der Waals surface area contributed by atoms with E-state index < -0.39 is 0 Å². The number of methoxy groups -OCH3 is 2. The molecule has 0 saturated carbocycles. The fourth-order valence-electron chi connectivity index (χ4n) is 4.42. The normalized spacial score (nSPS) is 13.8. The van der Waals surface area contributed by atoms with Crippen LogP contribution in [0, 0.1) is 0 Å². The average Bonchev–Trinajstić information content (AvgIpc) is 3.06. The van der Waals surface area contributed by atoms with Crippen LogP contribution in [-0.2, 0) is 13.1 Å². The molecule has 5 nitrogen and oxygen atoms in total. The third-order valence-corrected chi connectivity index (χ3v) is 5.99. The Bertz CT molecular complexity index is 1240. The number of fused-ring (bicyclic) bond motifs is 2. The summed E-state index contributed by atoms with van der Waals surface area (Å²) in [4.78, 5) is 6.67. The maximum absolute atomic E-state index is 6.16. The molecule has 1 aliphatic rings. The van der Waals surface area contributed by atoms with E-state index in [1.54, 1.807) is 20.4 Å². The van der Waals surface area contributed by atoms with Crippen molar-refractivity contribution < 1.29 is 14.2 Å². The molecule has 5 rings (SSSR count). The first kappa shape index (κ1) is 20.3. The van der Waals surface area contributed by atoms with Crippen molar-refractivity contribution in [2.24, 2.45) is 0 Å². The molecule has 0 fully saturated rings. The Kier molecular flexibility index (Phi) is 5.65. The second kappa shape index (κ2) is 8.89. The van der Waals surface area contributed by atoms with Crippen molar-refractivity contribution in [2.45, 2.75) is 13.1 Å². The Morgan fingerprint density at radius 3 is 2.62 bits per heavy atom. The molecule has 4 aromatic rings. The fraction of sp³-hybridized carbons (Fsp3) is 0.222. The Balaban J connectivity index is 1.52. The molecule has 3 aromatic carbocycles. The SMILES string of the molecule is COc1cc(-c2cccnc2)cc2c1OCCN(Cc1c(OC)ccc3ccccc13)C2. The van der Waals surface area contributed by atoms with E-state index in [0.717, 1.165) is 53.6 Å². The highest BCUT2D eigenvalue weighted by Crippen LogP contribution is 2.39. The van der Waals surface area contributed by atoms with E-state index >= 15 is 0 Å². The smallest absolute Gasteiger partial charge is 0.165 e. The molecule has 0 aliphatic carbocycles. The lowest BCUT2D eigenvalue weighted by molar-refractivity contribution is 0.215. The third-order valence-electron chi connectivity index (χ3n) is 5.99. The number of nitrogens with zero attached hydrogens (tertiary/aromatic N) is 2. The summed E-state index contributed by atoms with van der Waals surface area (Å²) in [5, 5.41) is 2.44. The molecule has 0 saturated heterocycles. The van der Waals surface area contributed by atoms with Gasteiger partial charge in [-0.05, 0) is 40.6 Å². The molecule has 1 aliphatic heterocycles. The van der Waals surface area contributed by atoms with Crippen LogP contribution in [0.3, 0.4) is 0 Å². The molecule has 0 amide bonds. The van der Waals surface area contributed by atoms with Crippen LogP contribution in [0.25, 0.3) is 21.9 Å². The summed E-state index contributed by atoms with van der Waals surface area (Å²) < 4.78 is 17.6. The van der Waals surface area contributed by atoms with Crippen LogP contribution in [0.1, 0.15) is 11.1 Å². The highest BCUT2D eigenvalue weighted by molar-refractivity contribution is 5.87. The standard InChI is InChI=1S/C27H26N2O3/c1-30-25-10-9-19-6-3-4-8-23(19)24(25)18-29-12-13-32-27-22(17-29)14-21(15-26(27)31-2)20-7-5-11-28-16-20/h3-11,14-16H,12-13,17-18H2,1-2H3. The predicted octanol–water partition coefficient (Wildman–Crippen LogP) is 5.31. The van der Waals surface area contributed by atoms with Crippen molar-refractivity contribution in [3.8, 4) is 28.4 Å². The first-order valence-electron chi connectivity index (χ1n) is 10.8. The van der Waals surface area contributed by atoms with E-state index in [0.29, 0.717) is 6.61 Å². The van der Waals surface area contributed by atoms with Crippen molar-refractivity contribution in [2.75, 3.05) is 27.4 Å². The predicted molar refractivity (Wildman–Crippen MR) is 126 cm³/mol. The molecular weight excluding hydrogens is 400 g/mol. The first-order chi connectivity index (χ1) is 15.8. The molecule has 2 heterocycles. The molecular formula is C27H26N2O3. The number of hydrogen-bond acceptors (Lipinski definition) is 5. The molecule has 0 atom stereocenters. The fourth-order valence-corrected chi connectivity index (χ4v) is 4.42. The van der Waals surface area contributed by atoms with E-state index in [1.807, 2.05) is 18.3 Å². The minimum Gasteiger partial charge on any atom is -0.496 e. The van der Waals surface area contributed by atoms with E-state index in [4.69, 9.17) is 14.2 Å². The summed E-state index contributed by atoms with van der Waals surface area (Å²) in [7, 11) is 3.43. The summed E-state index contributed by atoms with van der Waals surface area (Å²) in [6.45, 7) is 2.94. The largest absolute Gasteiger partial charge is 0.496 e. The number of pyridine rings is 1. The Labute approximate surface area is 188 Å². The van der Waals surface area contributed by atoms with Crippen LogP contribution in [0.5, 0.6) is 17.2 Å². The highest BCUT2D eigenvalue weighted by atomic mass is 16.5. The van der Waals surface area contributed by atoms with Gasteiger partial charge >= 0.3 is 0 Å². The highest BCUT2D eigenvalue weighted by Gasteiger charge is 2.22. The molecule has 0 radical (unpaired) electrons. The Hall–Kier alpha value is -3.57. The Morgan fingerprint density at radius 1 is 0.938 bits per heavy atom. The second-order valence-electron chi connectivity index (χ2n) is 7.94. The molecule has 0 N–H and O–H groups in total. The minimum atomic E-state index is 0.600. The van der Waals surface area contributed by atoms with Gasteiger partial charge in [-0.2, -0.15) is 0 Å². The molecule has 162 valence electrons. The lowest BCUT2D eigenvalue weighted by Gasteiger charge is -2.22. The van der Waals surface area contributed by atoms with Crippen molar-refractivity contribution in [1.82, 2.24) is 9.88 Å². The van der Waals surface area contributed by atoms with Gasteiger partial charge in [0.2, 0.25) is 0 Å². The molecule has 1 aromatic heterocycles. The zero-order valence-corrected chi connectivity index (χ0v) is 18.4. The summed E-state index contributed by atoms with van der Waals surface area (Å²) in [6.07, 6.45) is 3.66. The summed E-state index contributed by atoms with van der Waals surface area (Å²) in [6, 6.07) is 20.9. The summed E-state index contributed by atoms with van der Waals surface area (Å²) in [5.74, 6) is 2.49. The minimum absolute atomic E-state index is 0.600. The average molecular weight is 427 g/mol. The lowest BCUT2D eigenvalue weighted by Crippen LogP contribution is -2.25. The van der Waals surface area contributed by atoms with E-state index in [-0.39, 0.29) is 0 Å². The van der Waals surface area contributed by atoms with Gasteiger partial charge in [-0.15, -0.1) is 0 Å². The van der Waals surface area contributed by atoms with Gasteiger partial charge < -0.3 is 14.2 Å². The monoisotopic (exact) mass is 426 g/mol. The van der Waals surface area contributed by atoms with Crippen LogP contribution >= 0.6 is 0 Å². The van der Waals surface area contributed by atoms with Gasteiger partial charge in [-0.25, -0.2) is 0 Å². The summed E-state index contributed by atoms with van der Waals surface area (Å²) >= 11 is 0. The van der Waals surface area contributed by atoms with Crippen LogP contribution in [-0.4, -0.2) is 37.3 Å². The van der Waals surface area contributed by atoms with Gasteiger partial charge in [0.05, 0.1) is 14.2 Å². The van der Waals surface area contributed by atoms with E-state index in [9.17, 15) is 0 Å². The number of benzene rings is 3. The maximum atomic E-state index is 6.16. The van der Waals surface area contributed by atoms with Gasteiger partial charge in [0.1, 0.15) is 12.4 Å². The van der Waals surface area contributed by atoms with Crippen molar-refractivity contribution in [3.05, 3.63) is 84.2 Å². The summed E-state index contributed by atoms with van der Waals surface area (Å²) in [5.41, 5.74) is 4.44. The van der Waals surface area contributed by atoms with Gasteiger partial charge in [-0.3, -0.25) is 9.88 Å². The van der Waals surface area contributed by atoms with Crippen LogP contribution < -0.4 is 14.2 Å². The van der Waals surface area contributed by atoms with Crippen molar-refractivity contribution in [1.29, 1.82) is 0 Å². The van der Waals surface area contributed by atoms with Crippen LogP contribution in [0.2, 0.25) is 0 Å². The Morgan fingerprint density at radius 2 is 1.81 bits per heavy atom. The molecule has 32 heavy (non-hydrogen) atoms. The first-order valence-corrected chi connectivity index (χ1v) is 10.8. The topological polar surface area (TPSA) is 43.8 Å². The van der Waals surface area contributed by atoms with Gasteiger partial charge in [0.15, 0.2) is 11.5 Å². The lowest BCUT2D eigenvalue weighted by atomic mass is 10.0. The molecule has 0 unspecified atom stereocenters.